The molecule has 2 aromatic heterocycles. The predicted molar refractivity (Wildman–Crippen MR) is 101 cm³/mol. The van der Waals surface area contributed by atoms with Crippen LogP contribution in [0.1, 0.15) is 47.8 Å². The number of carbonyl (C=O) groups is 1. The molecule has 1 fully saturated rings. The first kappa shape index (κ1) is 16.5. The lowest BCUT2D eigenvalue weighted by Crippen LogP contribution is -2.23. The first-order valence-corrected chi connectivity index (χ1v) is 9.13. The van der Waals surface area contributed by atoms with Crippen molar-refractivity contribution in [1.82, 2.24) is 20.1 Å². The molecule has 0 spiro atoms. The Morgan fingerprint density at radius 2 is 1.81 bits per heavy atom. The molecule has 0 aliphatic heterocycles. The largest absolute Gasteiger partial charge is 0.346 e. The van der Waals surface area contributed by atoms with Gasteiger partial charge in [-0.25, -0.2) is 0 Å². The molecule has 1 aliphatic carbocycles. The van der Waals surface area contributed by atoms with E-state index in [1.165, 1.54) is 12.8 Å². The molecule has 132 valence electrons. The summed E-state index contributed by atoms with van der Waals surface area (Å²) in [7, 11) is 0. The fourth-order valence-electron chi connectivity index (χ4n) is 3.56. The Labute approximate surface area is 153 Å². The lowest BCUT2D eigenvalue weighted by atomic mass is 10.1. The number of hydrogen-bond acceptors (Lipinski definition) is 3. The number of hydrogen-bond donors (Lipinski definition) is 1. The molecular weight excluding hydrogens is 324 g/mol. The quantitative estimate of drug-likeness (QED) is 0.760. The molecule has 3 aromatic rings. The van der Waals surface area contributed by atoms with E-state index in [1.807, 2.05) is 42.5 Å². The molecule has 5 heteroatoms. The van der Waals surface area contributed by atoms with Crippen LogP contribution in [-0.2, 0) is 6.54 Å². The number of rotatable bonds is 5. The molecule has 1 aliphatic rings. The van der Waals surface area contributed by atoms with Gasteiger partial charge in [0.1, 0.15) is 0 Å². The zero-order valence-corrected chi connectivity index (χ0v) is 14.6. The van der Waals surface area contributed by atoms with Crippen LogP contribution < -0.4 is 5.32 Å². The van der Waals surface area contributed by atoms with Crippen LogP contribution in [0.2, 0.25) is 0 Å². The molecule has 1 N–H and O–H groups in total. The molecule has 4 rings (SSSR count). The van der Waals surface area contributed by atoms with E-state index in [2.05, 4.69) is 21.0 Å². The Bertz CT molecular complexity index is 868. The highest BCUT2D eigenvalue weighted by Gasteiger charge is 2.22. The van der Waals surface area contributed by atoms with Crippen LogP contribution in [0.4, 0.5) is 0 Å². The Balaban J connectivity index is 1.56. The van der Waals surface area contributed by atoms with Gasteiger partial charge in [0.2, 0.25) is 0 Å². The SMILES string of the molecule is O=C(NCc1cc(-c2ccncc2)n(C2CCCC2)n1)c1ccccc1. The van der Waals surface area contributed by atoms with E-state index in [9.17, 15) is 4.79 Å². The third kappa shape index (κ3) is 3.52. The van der Waals surface area contributed by atoms with Gasteiger partial charge >= 0.3 is 0 Å². The second-order valence-corrected chi connectivity index (χ2v) is 6.69. The maximum atomic E-state index is 12.3. The molecule has 0 unspecified atom stereocenters. The maximum Gasteiger partial charge on any atom is 0.251 e. The summed E-state index contributed by atoms with van der Waals surface area (Å²) in [5, 5.41) is 7.79. The molecule has 1 amide bonds. The molecule has 0 atom stereocenters. The molecule has 26 heavy (non-hydrogen) atoms. The molecular formula is C21H22N4O. The summed E-state index contributed by atoms with van der Waals surface area (Å²) in [6.07, 6.45) is 8.43. The molecule has 0 saturated heterocycles. The summed E-state index contributed by atoms with van der Waals surface area (Å²) in [6.45, 7) is 0.422. The Kier molecular flexibility index (Phi) is 4.78. The lowest BCUT2D eigenvalue weighted by molar-refractivity contribution is 0.0950. The Hall–Kier alpha value is -2.95. The van der Waals surface area contributed by atoms with Crippen LogP contribution in [-0.4, -0.2) is 20.7 Å². The smallest absolute Gasteiger partial charge is 0.251 e. The number of benzene rings is 1. The second kappa shape index (κ2) is 7.52. The molecule has 2 heterocycles. The topological polar surface area (TPSA) is 59.8 Å². The van der Waals surface area contributed by atoms with Crippen LogP contribution in [0.3, 0.4) is 0 Å². The summed E-state index contributed by atoms with van der Waals surface area (Å²) >= 11 is 0. The first-order valence-electron chi connectivity index (χ1n) is 9.13. The molecule has 1 aromatic carbocycles. The lowest BCUT2D eigenvalue weighted by Gasteiger charge is -2.14. The van der Waals surface area contributed by atoms with E-state index in [0.29, 0.717) is 18.2 Å². The van der Waals surface area contributed by atoms with Crippen molar-refractivity contribution in [2.24, 2.45) is 0 Å². The van der Waals surface area contributed by atoms with Crippen LogP contribution >= 0.6 is 0 Å². The van der Waals surface area contributed by atoms with Gasteiger partial charge in [0, 0.05) is 23.5 Å². The highest BCUT2D eigenvalue weighted by atomic mass is 16.1. The third-order valence-corrected chi connectivity index (χ3v) is 4.90. The average Bonchev–Trinajstić information content (AvgIpc) is 3.37. The first-order chi connectivity index (χ1) is 12.8. The minimum absolute atomic E-state index is 0.0773. The number of nitrogens with one attached hydrogen (secondary N) is 1. The van der Waals surface area contributed by atoms with Gasteiger partial charge in [-0.1, -0.05) is 31.0 Å². The summed E-state index contributed by atoms with van der Waals surface area (Å²) in [4.78, 5) is 16.4. The minimum atomic E-state index is -0.0773. The number of aromatic nitrogens is 3. The van der Waals surface area contributed by atoms with Gasteiger partial charge < -0.3 is 5.32 Å². The van der Waals surface area contributed by atoms with Crippen molar-refractivity contribution in [3.8, 4) is 11.3 Å². The van der Waals surface area contributed by atoms with Crippen LogP contribution in [0.25, 0.3) is 11.3 Å². The van der Waals surface area contributed by atoms with Crippen molar-refractivity contribution in [3.05, 3.63) is 72.2 Å². The van der Waals surface area contributed by atoms with Gasteiger partial charge in [-0.2, -0.15) is 5.10 Å². The second-order valence-electron chi connectivity index (χ2n) is 6.69. The Morgan fingerprint density at radius 1 is 1.08 bits per heavy atom. The van der Waals surface area contributed by atoms with E-state index >= 15 is 0 Å². The van der Waals surface area contributed by atoms with Gasteiger partial charge in [0.05, 0.1) is 24.0 Å². The van der Waals surface area contributed by atoms with Crippen molar-refractivity contribution in [3.63, 3.8) is 0 Å². The van der Waals surface area contributed by atoms with Crippen LogP contribution in [0.15, 0.2) is 60.9 Å². The van der Waals surface area contributed by atoms with Crippen LogP contribution in [0, 0.1) is 0 Å². The van der Waals surface area contributed by atoms with E-state index in [4.69, 9.17) is 5.10 Å². The minimum Gasteiger partial charge on any atom is -0.346 e. The van der Waals surface area contributed by atoms with Crippen molar-refractivity contribution >= 4 is 5.91 Å². The number of carbonyl (C=O) groups excluding carboxylic acids is 1. The highest BCUT2D eigenvalue weighted by molar-refractivity contribution is 5.94. The standard InChI is InChI=1S/C21H22N4O/c26-21(17-6-2-1-3-7-17)23-15-18-14-20(16-10-12-22-13-11-16)25(24-18)19-8-4-5-9-19/h1-3,6-7,10-14,19H,4-5,8-9,15H2,(H,23,26). The zero-order chi connectivity index (χ0) is 17.8. The monoisotopic (exact) mass is 346 g/mol. The van der Waals surface area contributed by atoms with E-state index in [1.54, 1.807) is 12.4 Å². The summed E-state index contributed by atoms with van der Waals surface area (Å²) < 4.78 is 2.15. The normalized spacial score (nSPS) is 14.5. The van der Waals surface area contributed by atoms with Gasteiger partial charge in [-0.05, 0) is 43.2 Å². The molecule has 0 bridgehead atoms. The van der Waals surface area contributed by atoms with Gasteiger partial charge in [0.25, 0.3) is 5.91 Å². The van der Waals surface area contributed by atoms with E-state index in [0.717, 1.165) is 29.8 Å². The number of amides is 1. The van der Waals surface area contributed by atoms with Crippen molar-refractivity contribution in [2.75, 3.05) is 0 Å². The van der Waals surface area contributed by atoms with Crippen molar-refractivity contribution in [2.45, 2.75) is 38.3 Å². The van der Waals surface area contributed by atoms with Gasteiger partial charge in [0.15, 0.2) is 0 Å². The van der Waals surface area contributed by atoms with Gasteiger partial charge in [-0.15, -0.1) is 0 Å². The van der Waals surface area contributed by atoms with Crippen LogP contribution in [0.5, 0.6) is 0 Å². The molecule has 5 nitrogen and oxygen atoms in total. The van der Waals surface area contributed by atoms with E-state index < -0.39 is 0 Å². The summed E-state index contributed by atoms with van der Waals surface area (Å²) in [5.41, 5.74) is 3.76. The fourth-order valence-corrected chi connectivity index (χ4v) is 3.56. The van der Waals surface area contributed by atoms with E-state index in [-0.39, 0.29) is 5.91 Å². The fraction of sp³-hybridized carbons (Fsp3) is 0.286. The summed E-state index contributed by atoms with van der Waals surface area (Å²) in [6, 6.07) is 15.8. The van der Waals surface area contributed by atoms with Gasteiger partial charge in [-0.3, -0.25) is 14.5 Å². The molecule has 1 saturated carbocycles. The number of nitrogens with zero attached hydrogens (tertiary/aromatic N) is 3. The summed E-state index contributed by atoms with van der Waals surface area (Å²) in [5.74, 6) is -0.0773. The zero-order valence-electron chi connectivity index (χ0n) is 14.6. The van der Waals surface area contributed by atoms with Crippen molar-refractivity contribution < 1.29 is 4.79 Å². The predicted octanol–water partition coefficient (Wildman–Crippen LogP) is 3.99. The number of pyridine rings is 1. The highest BCUT2D eigenvalue weighted by Crippen LogP contribution is 2.33. The maximum absolute atomic E-state index is 12.3. The third-order valence-electron chi connectivity index (χ3n) is 4.90. The Morgan fingerprint density at radius 3 is 2.54 bits per heavy atom. The average molecular weight is 346 g/mol. The van der Waals surface area contributed by atoms with Crippen molar-refractivity contribution in [1.29, 1.82) is 0 Å². The molecule has 0 radical (unpaired) electrons.